The fourth-order valence-corrected chi connectivity index (χ4v) is 2.43. The second kappa shape index (κ2) is 6.91. The molecule has 1 aromatic carbocycles. The molecular formula is C16H22ClN3. The summed E-state index contributed by atoms with van der Waals surface area (Å²) in [5, 5.41) is 4.16. The SMILES string of the molecule is CCCc1nccn1-c1ccc(CNC(C)C)cc1Cl. The Balaban J connectivity index is 2.23. The predicted molar refractivity (Wildman–Crippen MR) is 84.5 cm³/mol. The van der Waals surface area contributed by atoms with E-state index in [1.165, 1.54) is 5.56 Å². The molecular weight excluding hydrogens is 270 g/mol. The Bertz CT molecular complexity index is 561. The number of halogens is 1. The van der Waals surface area contributed by atoms with Crippen LogP contribution in [-0.2, 0) is 13.0 Å². The molecule has 0 spiro atoms. The van der Waals surface area contributed by atoms with Gasteiger partial charge in [0, 0.05) is 31.4 Å². The Morgan fingerprint density at radius 3 is 2.80 bits per heavy atom. The molecule has 0 unspecified atom stereocenters. The Labute approximate surface area is 126 Å². The van der Waals surface area contributed by atoms with Crippen LogP contribution in [0.2, 0.25) is 5.02 Å². The quantitative estimate of drug-likeness (QED) is 0.872. The molecule has 1 heterocycles. The van der Waals surface area contributed by atoms with E-state index >= 15 is 0 Å². The lowest BCUT2D eigenvalue weighted by Crippen LogP contribution is -2.21. The van der Waals surface area contributed by atoms with Crippen LogP contribution >= 0.6 is 11.6 Å². The molecule has 2 rings (SSSR count). The van der Waals surface area contributed by atoms with Crippen LogP contribution in [0, 0.1) is 0 Å². The lowest BCUT2D eigenvalue weighted by atomic mass is 10.2. The van der Waals surface area contributed by atoms with E-state index in [-0.39, 0.29) is 0 Å². The first-order valence-electron chi connectivity index (χ1n) is 7.16. The number of aryl methyl sites for hydroxylation is 1. The number of imidazole rings is 1. The number of benzene rings is 1. The van der Waals surface area contributed by atoms with Crippen molar-refractivity contribution in [2.45, 2.75) is 46.2 Å². The number of nitrogens with zero attached hydrogens (tertiary/aromatic N) is 2. The molecule has 0 aliphatic rings. The van der Waals surface area contributed by atoms with Crippen LogP contribution in [0.1, 0.15) is 38.6 Å². The maximum Gasteiger partial charge on any atom is 0.113 e. The molecule has 0 aliphatic carbocycles. The van der Waals surface area contributed by atoms with Crippen LogP contribution in [0.5, 0.6) is 0 Å². The van der Waals surface area contributed by atoms with Crippen molar-refractivity contribution in [2.75, 3.05) is 0 Å². The number of aromatic nitrogens is 2. The molecule has 0 aliphatic heterocycles. The van der Waals surface area contributed by atoms with E-state index in [1.54, 1.807) is 0 Å². The van der Waals surface area contributed by atoms with Crippen LogP contribution in [0.3, 0.4) is 0 Å². The summed E-state index contributed by atoms with van der Waals surface area (Å²) < 4.78 is 2.07. The minimum Gasteiger partial charge on any atom is -0.310 e. The van der Waals surface area contributed by atoms with Crippen LogP contribution in [0.15, 0.2) is 30.6 Å². The van der Waals surface area contributed by atoms with Crippen molar-refractivity contribution >= 4 is 11.6 Å². The van der Waals surface area contributed by atoms with Gasteiger partial charge < -0.3 is 9.88 Å². The Hall–Kier alpha value is -1.32. The first kappa shape index (κ1) is 15.1. The molecule has 0 atom stereocenters. The van der Waals surface area contributed by atoms with E-state index in [4.69, 9.17) is 11.6 Å². The summed E-state index contributed by atoms with van der Waals surface area (Å²) in [7, 11) is 0. The van der Waals surface area contributed by atoms with E-state index in [1.807, 2.05) is 18.5 Å². The smallest absolute Gasteiger partial charge is 0.113 e. The van der Waals surface area contributed by atoms with Gasteiger partial charge in [-0.3, -0.25) is 0 Å². The first-order chi connectivity index (χ1) is 9.61. The molecule has 0 fully saturated rings. The summed E-state index contributed by atoms with van der Waals surface area (Å²) in [6, 6.07) is 6.69. The highest BCUT2D eigenvalue weighted by atomic mass is 35.5. The second-order valence-corrected chi connectivity index (χ2v) is 5.69. The Kier molecular flexibility index (Phi) is 5.21. The molecule has 0 bridgehead atoms. The van der Waals surface area contributed by atoms with Gasteiger partial charge in [-0.2, -0.15) is 0 Å². The lowest BCUT2D eigenvalue weighted by Gasteiger charge is -2.12. The van der Waals surface area contributed by atoms with Gasteiger partial charge in [0.25, 0.3) is 0 Å². The molecule has 3 nitrogen and oxygen atoms in total. The van der Waals surface area contributed by atoms with E-state index in [0.717, 1.165) is 35.9 Å². The van der Waals surface area contributed by atoms with Crippen LogP contribution in [0.25, 0.3) is 5.69 Å². The van der Waals surface area contributed by atoms with Gasteiger partial charge in [0.15, 0.2) is 0 Å². The van der Waals surface area contributed by atoms with Gasteiger partial charge in [0.05, 0.1) is 10.7 Å². The van der Waals surface area contributed by atoms with Crippen molar-refractivity contribution < 1.29 is 0 Å². The largest absolute Gasteiger partial charge is 0.310 e. The fourth-order valence-electron chi connectivity index (χ4n) is 2.14. The summed E-state index contributed by atoms with van der Waals surface area (Å²) >= 11 is 6.43. The van der Waals surface area contributed by atoms with Gasteiger partial charge in [-0.25, -0.2) is 4.98 Å². The zero-order valence-corrected chi connectivity index (χ0v) is 13.1. The molecule has 0 saturated carbocycles. The van der Waals surface area contributed by atoms with Gasteiger partial charge in [-0.05, 0) is 24.1 Å². The van der Waals surface area contributed by atoms with E-state index < -0.39 is 0 Å². The van der Waals surface area contributed by atoms with Crippen molar-refractivity contribution in [1.29, 1.82) is 0 Å². The van der Waals surface area contributed by atoms with E-state index in [0.29, 0.717) is 6.04 Å². The summed E-state index contributed by atoms with van der Waals surface area (Å²) in [4.78, 5) is 4.40. The normalized spacial score (nSPS) is 11.2. The summed E-state index contributed by atoms with van der Waals surface area (Å²) in [6.45, 7) is 7.27. The van der Waals surface area contributed by atoms with E-state index in [2.05, 4.69) is 47.8 Å². The van der Waals surface area contributed by atoms with E-state index in [9.17, 15) is 0 Å². The van der Waals surface area contributed by atoms with Crippen LogP contribution in [-0.4, -0.2) is 15.6 Å². The molecule has 2 aromatic rings. The zero-order chi connectivity index (χ0) is 14.5. The highest BCUT2D eigenvalue weighted by molar-refractivity contribution is 6.32. The minimum atomic E-state index is 0.471. The zero-order valence-electron chi connectivity index (χ0n) is 12.4. The molecule has 1 aromatic heterocycles. The van der Waals surface area contributed by atoms with Crippen molar-refractivity contribution in [1.82, 2.24) is 14.9 Å². The van der Waals surface area contributed by atoms with Crippen LogP contribution in [0.4, 0.5) is 0 Å². The Morgan fingerprint density at radius 1 is 1.35 bits per heavy atom. The topological polar surface area (TPSA) is 29.9 Å². The molecule has 0 saturated heterocycles. The summed E-state index contributed by atoms with van der Waals surface area (Å²) in [5.74, 6) is 1.06. The minimum absolute atomic E-state index is 0.471. The third-order valence-electron chi connectivity index (χ3n) is 3.18. The molecule has 4 heteroatoms. The van der Waals surface area contributed by atoms with Gasteiger partial charge in [-0.15, -0.1) is 0 Å². The van der Waals surface area contributed by atoms with Gasteiger partial charge in [0.2, 0.25) is 0 Å². The molecule has 1 N–H and O–H groups in total. The van der Waals surface area contributed by atoms with Crippen molar-refractivity contribution in [3.05, 3.63) is 47.0 Å². The molecule has 0 radical (unpaired) electrons. The average molecular weight is 292 g/mol. The standard InChI is InChI=1S/C16H22ClN3/c1-4-5-16-18-8-9-20(16)15-7-6-13(10-14(15)17)11-19-12(2)3/h6-10,12,19H,4-5,11H2,1-3H3. The highest BCUT2D eigenvalue weighted by Gasteiger charge is 2.08. The molecule has 0 amide bonds. The Morgan fingerprint density at radius 2 is 2.15 bits per heavy atom. The molecule has 20 heavy (non-hydrogen) atoms. The number of hydrogen-bond donors (Lipinski definition) is 1. The van der Waals surface area contributed by atoms with Gasteiger partial charge in [0.1, 0.15) is 5.82 Å². The summed E-state index contributed by atoms with van der Waals surface area (Å²) in [5.41, 5.74) is 2.20. The number of rotatable bonds is 6. The highest BCUT2D eigenvalue weighted by Crippen LogP contribution is 2.23. The second-order valence-electron chi connectivity index (χ2n) is 5.28. The monoisotopic (exact) mass is 291 g/mol. The van der Waals surface area contributed by atoms with Crippen molar-refractivity contribution in [3.63, 3.8) is 0 Å². The van der Waals surface area contributed by atoms with Crippen LogP contribution < -0.4 is 5.32 Å². The number of nitrogens with one attached hydrogen (secondary N) is 1. The third-order valence-corrected chi connectivity index (χ3v) is 3.48. The molecule has 108 valence electrons. The van der Waals surface area contributed by atoms with Crippen molar-refractivity contribution in [3.8, 4) is 5.69 Å². The third kappa shape index (κ3) is 3.62. The van der Waals surface area contributed by atoms with Gasteiger partial charge >= 0.3 is 0 Å². The van der Waals surface area contributed by atoms with Gasteiger partial charge in [-0.1, -0.05) is 38.4 Å². The maximum atomic E-state index is 6.43. The lowest BCUT2D eigenvalue weighted by molar-refractivity contribution is 0.589. The number of hydrogen-bond acceptors (Lipinski definition) is 2. The van der Waals surface area contributed by atoms with Crippen molar-refractivity contribution in [2.24, 2.45) is 0 Å². The first-order valence-corrected chi connectivity index (χ1v) is 7.54. The predicted octanol–water partition coefficient (Wildman–Crippen LogP) is 3.98. The fraction of sp³-hybridized carbons (Fsp3) is 0.438. The summed E-state index contributed by atoms with van der Waals surface area (Å²) in [6.07, 6.45) is 5.83. The average Bonchev–Trinajstić information content (AvgIpc) is 2.85. The maximum absolute atomic E-state index is 6.43.